The molecule has 0 spiro atoms. The maximum Gasteiger partial charge on any atom is 0.124 e. The van der Waals surface area contributed by atoms with Gasteiger partial charge in [-0.3, -0.25) is 0 Å². The summed E-state index contributed by atoms with van der Waals surface area (Å²) in [4.78, 5) is 2.21. The van der Waals surface area contributed by atoms with Gasteiger partial charge in [-0.2, -0.15) is 0 Å². The van der Waals surface area contributed by atoms with Gasteiger partial charge in [-0.25, -0.2) is 4.39 Å². The van der Waals surface area contributed by atoms with E-state index < -0.39 is 0 Å². The van der Waals surface area contributed by atoms with E-state index >= 15 is 0 Å². The number of hydrogen-bond donors (Lipinski definition) is 1. The molecule has 0 amide bonds. The standard InChI is InChI=1S/C15H14BrFN2/c16-12-6-10(7-13(17)8-12)9-19-5-4-11-2-1-3-14(18)15(11)19/h1-3,6-8H,4-5,9,18H2. The van der Waals surface area contributed by atoms with Crippen molar-refractivity contribution >= 4 is 27.3 Å². The van der Waals surface area contributed by atoms with Crippen LogP contribution in [0.15, 0.2) is 40.9 Å². The second-order valence-electron chi connectivity index (χ2n) is 4.80. The van der Waals surface area contributed by atoms with E-state index in [4.69, 9.17) is 5.73 Å². The Morgan fingerprint density at radius 3 is 2.89 bits per heavy atom. The minimum absolute atomic E-state index is 0.218. The maximum absolute atomic E-state index is 13.4. The number of halogens is 2. The first-order valence-corrected chi connectivity index (χ1v) is 7.00. The average molecular weight is 321 g/mol. The Kier molecular flexibility index (Phi) is 3.19. The molecule has 0 aliphatic carbocycles. The number of nitrogens with two attached hydrogens (primary N) is 1. The largest absolute Gasteiger partial charge is 0.397 e. The third-order valence-corrected chi connectivity index (χ3v) is 3.87. The smallest absolute Gasteiger partial charge is 0.124 e. The summed E-state index contributed by atoms with van der Waals surface area (Å²) < 4.78 is 14.2. The van der Waals surface area contributed by atoms with Gasteiger partial charge in [0.15, 0.2) is 0 Å². The van der Waals surface area contributed by atoms with Crippen LogP contribution >= 0.6 is 15.9 Å². The van der Waals surface area contributed by atoms with E-state index in [-0.39, 0.29) is 5.82 Å². The molecule has 0 fully saturated rings. The molecular weight excluding hydrogens is 307 g/mol. The molecule has 3 rings (SSSR count). The first kappa shape index (κ1) is 12.5. The van der Waals surface area contributed by atoms with Crippen molar-refractivity contribution in [2.45, 2.75) is 13.0 Å². The van der Waals surface area contributed by atoms with Crippen molar-refractivity contribution in [3.8, 4) is 0 Å². The molecule has 2 nitrogen and oxygen atoms in total. The zero-order chi connectivity index (χ0) is 13.4. The number of anilines is 2. The Morgan fingerprint density at radius 1 is 1.26 bits per heavy atom. The van der Waals surface area contributed by atoms with Crippen LogP contribution in [0.4, 0.5) is 15.8 Å². The Morgan fingerprint density at radius 2 is 2.11 bits per heavy atom. The van der Waals surface area contributed by atoms with Gasteiger partial charge in [0.2, 0.25) is 0 Å². The lowest BCUT2D eigenvalue weighted by Crippen LogP contribution is -2.20. The number of nitrogen functional groups attached to an aromatic ring is 1. The minimum Gasteiger partial charge on any atom is -0.397 e. The maximum atomic E-state index is 13.4. The fraction of sp³-hybridized carbons (Fsp3) is 0.200. The highest BCUT2D eigenvalue weighted by Crippen LogP contribution is 2.34. The third kappa shape index (κ3) is 2.45. The summed E-state index contributed by atoms with van der Waals surface area (Å²) in [5.74, 6) is -0.218. The number of hydrogen-bond acceptors (Lipinski definition) is 2. The van der Waals surface area contributed by atoms with Crippen molar-refractivity contribution in [2.24, 2.45) is 0 Å². The summed E-state index contributed by atoms with van der Waals surface area (Å²) >= 11 is 3.33. The van der Waals surface area contributed by atoms with E-state index in [0.29, 0.717) is 6.54 Å². The fourth-order valence-corrected chi connectivity index (χ4v) is 3.16. The van der Waals surface area contributed by atoms with Crippen LogP contribution in [0.25, 0.3) is 0 Å². The van der Waals surface area contributed by atoms with E-state index in [9.17, 15) is 4.39 Å². The molecule has 4 heteroatoms. The molecule has 0 radical (unpaired) electrons. The van der Waals surface area contributed by atoms with E-state index in [1.165, 1.54) is 11.6 Å². The quantitative estimate of drug-likeness (QED) is 0.854. The molecule has 1 aliphatic heterocycles. The van der Waals surface area contributed by atoms with E-state index in [1.807, 2.05) is 18.2 Å². The van der Waals surface area contributed by atoms with Gasteiger partial charge < -0.3 is 10.6 Å². The summed E-state index contributed by atoms with van der Waals surface area (Å²) in [5, 5.41) is 0. The van der Waals surface area contributed by atoms with Crippen LogP contribution in [0.3, 0.4) is 0 Å². The van der Waals surface area contributed by atoms with Gasteiger partial charge in [0.1, 0.15) is 5.82 Å². The van der Waals surface area contributed by atoms with Crippen molar-refractivity contribution < 1.29 is 4.39 Å². The Hall–Kier alpha value is -1.55. The molecule has 2 N–H and O–H groups in total. The Bertz CT molecular complexity index is 607. The lowest BCUT2D eigenvalue weighted by atomic mass is 10.1. The van der Waals surface area contributed by atoms with E-state index in [0.717, 1.165) is 34.4 Å². The predicted molar refractivity (Wildman–Crippen MR) is 79.7 cm³/mol. The molecule has 1 aliphatic rings. The number of benzene rings is 2. The second kappa shape index (κ2) is 4.85. The van der Waals surface area contributed by atoms with Gasteiger partial charge in [0.25, 0.3) is 0 Å². The summed E-state index contributed by atoms with van der Waals surface area (Å²) in [5.41, 5.74) is 10.2. The Balaban J connectivity index is 1.90. The van der Waals surface area contributed by atoms with Crippen LogP contribution in [0.2, 0.25) is 0 Å². The second-order valence-corrected chi connectivity index (χ2v) is 5.72. The zero-order valence-corrected chi connectivity index (χ0v) is 12.0. The lowest BCUT2D eigenvalue weighted by Gasteiger charge is -2.21. The van der Waals surface area contributed by atoms with Gasteiger partial charge in [0.05, 0.1) is 11.4 Å². The van der Waals surface area contributed by atoms with Crippen LogP contribution in [0.5, 0.6) is 0 Å². The highest BCUT2D eigenvalue weighted by molar-refractivity contribution is 9.10. The number of para-hydroxylation sites is 1. The molecule has 0 saturated heterocycles. The molecule has 1 heterocycles. The summed E-state index contributed by atoms with van der Waals surface area (Å²) in [7, 11) is 0. The Labute approximate surface area is 120 Å². The minimum atomic E-state index is -0.218. The monoisotopic (exact) mass is 320 g/mol. The topological polar surface area (TPSA) is 29.3 Å². The zero-order valence-electron chi connectivity index (χ0n) is 10.4. The molecule has 0 atom stereocenters. The molecule has 2 aromatic rings. The van der Waals surface area contributed by atoms with E-state index in [1.54, 1.807) is 6.07 Å². The van der Waals surface area contributed by atoms with Crippen molar-refractivity contribution in [3.63, 3.8) is 0 Å². The van der Waals surface area contributed by atoms with Crippen LogP contribution in [0.1, 0.15) is 11.1 Å². The number of fused-ring (bicyclic) bond motifs is 1. The molecule has 0 unspecified atom stereocenters. The van der Waals surface area contributed by atoms with Crippen molar-refractivity contribution in [1.82, 2.24) is 0 Å². The first-order chi connectivity index (χ1) is 9.13. The van der Waals surface area contributed by atoms with Gasteiger partial charge in [-0.15, -0.1) is 0 Å². The molecule has 0 bridgehead atoms. The van der Waals surface area contributed by atoms with Gasteiger partial charge >= 0.3 is 0 Å². The fourth-order valence-electron chi connectivity index (χ4n) is 2.65. The average Bonchev–Trinajstić information content (AvgIpc) is 2.72. The highest BCUT2D eigenvalue weighted by atomic mass is 79.9. The molecule has 0 saturated carbocycles. The van der Waals surface area contributed by atoms with Crippen LogP contribution in [-0.4, -0.2) is 6.54 Å². The van der Waals surface area contributed by atoms with Crippen molar-refractivity contribution in [2.75, 3.05) is 17.2 Å². The lowest BCUT2D eigenvalue weighted by molar-refractivity contribution is 0.623. The molecule has 19 heavy (non-hydrogen) atoms. The third-order valence-electron chi connectivity index (χ3n) is 3.41. The van der Waals surface area contributed by atoms with Gasteiger partial charge in [-0.1, -0.05) is 28.1 Å². The van der Waals surface area contributed by atoms with Gasteiger partial charge in [0, 0.05) is 17.6 Å². The van der Waals surface area contributed by atoms with E-state index in [2.05, 4.69) is 26.9 Å². The van der Waals surface area contributed by atoms with Crippen LogP contribution in [0, 0.1) is 5.82 Å². The summed E-state index contributed by atoms with van der Waals surface area (Å²) in [6.45, 7) is 1.61. The molecule has 0 aromatic heterocycles. The molecular formula is C15H14BrFN2. The summed E-state index contributed by atoms with van der Waals surface area (Å²) in [6, 6.07) is 11.0. The van der Waals surface area contributed by atoms with Crippen LogP contribution < -0.4 is 10.6 Å². The van der Waals surface area contributed by atoms with Crippen molar-refractivity contribution in [3.05, 3.63) is 57.8 Å². The van der Waals surface area contributed by atoms with Crippen molar-refractivity contribution in [1.29, 1.82) is 0 Å². The number of nitrogens with zero attached hydrogens (tertiary/aromatic N) is 1. The highest BCUT2D eigenvalue weighted by Gasteiger charge is 2.21. The summed E-state index contributed by atoms with van der Waals surface area (Å²) in [6.07, 6.45) is 0.997. The first-order valence-electron chi connectivity index (χ1n) is 6.21. The number of rotatable bonds is 2. The normalized spacial score (nSPS) is 13.7. The molecule has 2 aromatic carbocycles. The van der Waals surface area contributed by atoms with Gasteiger partial charge in [-0.05, 0) is 41.8 Å². The molecule has 98 valence electrons. The predicted octanol–water partition coefficient (Wildman–Crippen LogP) is 3.73. The van der Waals surface area contributed by atoms with Crippen LogP contribution in [-0.2, 0) is 13.0 Å². The SMILES string of the molecule is Nc1cccc2c1N(Cc1cc(F)cc(Br)c1)CC2.